The highest BCUT2D eigenvalue weighted by atomic mass is 15.3. The highest BCUT2D eigenvalue weighted by Crippen LogP contribution is 1.95. The largest absolute Gasteiger partial charge is 0.317 e. The summed E-state index contributed by atoms with van der Waals surface area (Å²) in [7, 11) is 0. The van der Waals surface area contributed by atoms with E-state index < -0.39 is 0 Å². The highest BCUT2D eigenvalue weighted by Gasteiger charge is 2.01. The molecule has 0 saturated carbocycles. The van der Waals surface area contributed by atoms with Gasteiger partial charge in [0.25, 0.3) is 0 Å². The van der Waals surface area contributed by atoms with Gasteiger partial charge in [-0.2, -0.15) is 0 Å². The topological polar surface area (TPSA) is 68.5 Å². The molecule has 6 heteroatoms. The molecule has 0 bridgehead atoms. The van der Waals surface area contributed by atoms with Crippen molar-refractivity contribution in [2.45, 2.75) is 26.6 Å². The zero-order chi connectivity index (χ0) is 11.2. The van der Waals surface area contributed by atoms with Crippen molar-refractivity contribution in [2.75, 3.05) is 0 Å². The van der Waals surface area contributed by atoms with Crippen LogP contribution < -0.4 is 5.32 Å². The standard InChI is InChI=1S/C10H14N6/c1-2-16-8-14-15-10(16)6-12-5-9-3-4-11-7-13-9/h3-4,7-8,12H,2,5-6H2,1H3. The monoisotopic (exact) mass is 218 g/mol. The molecule has 0 aliphatic rings. The maximum atomic E-state index is 4.12. The van der Waals surface area contributed by atoms with Crippen LogP contribution in [-0.2, 0) is 19.6 Å². The Morgan fingerprint density at radius 3 is 3.06 bits per heavy atom. The van der Waals surface area contributed by atoms with Gasteiger partial charge < -0.3 is 9.88 Å². The van der Waals surface area contributed by atoms with E-state index in [0.717, 1.165) is 18.1 Å². The predicted molar refractivity (Wildman–Crippen MR) is 58.3 cm³/mol. The van der Waals surface area contributed by atoms with Crippen LogP contribution >= 0.6 is 0 Å². The summed E-state index contributed by atoms with van der Waals surface area (Å²) in [4.78, 5) is 7.99. The lowest BCUT2D eigenvalue weighted by molar-refractivity contribution is 0.606. The van der Waals surface area contributed by atoms with Crippen molar-refractivity contribution in [3.63, 3.8) is 0 Å². The Balaban J connectivity index is 1.85. The second kappa shape index (κ2) is 5.32. The second-order valence-electron chi connectivity index (χ2n) is 3.34. The van der Waals surface area contributed by atoms with E-state index in [9.17, 15) is 0 Å². The van der Waals surface area contributed by atoms with E-state index in [1.165, 1.54) is 0 Å². The first-order valence-electron chi connectivity index (χ1n) is 5.22. The number of nitrogens with zero attached hydrogens (tertiary/aromatic N) is 5. The lowest BCUT2D eigenvalue weighted by Gasteiger charge is -2.04. The Morgan fingerprint density at radius 1 is 1.38 bits per heavy atom. The molecule has 0 spiro atoms. The molecule has 0 aliphatic heterocycles. The molecule has 0 atom stereocenters. The van der Waals surface area contributed by atoms with Crippen molar-refractivity contribution in [1.29, 1.82) is 0 Å². The maximum absolute atomic E-state index is 4.12. The van der Waals surface area contributed by atoms with Crippen LogP contribution in [0.3, 0.4) is 0 Å². The second-order valence-corrected chi connectivity index (χ2v) is 3.34. The molecule has 2 heterocycles. The minimum Gasteiger partial charge on any atom is -0.317 e. The van der Waals surface area contributed by atoms with Crippen LogP contribution in [0.1, 0.15) is 18.4 Å². The number of nitrogens with one attached hydrogen (secondary N) is 1. The summed E-state index contributed by atoms with van der Waals surface area (Å²) in [5, 5.41) is 11.2. The average Bonchev–Trinajstić information content (AvgIpc) is 2.78. The van der Waals surface area contributed by atoms with E-state index in [1.54, 1.807) is 18.9 Å². The van der Waals surface area contributed by atoms with Crippen molar-refractivity contribution in [2.24, 2.45) is 0 Å². The van der Waals surface area contributed by atoms with Crippen LogP contribution in [0.2, 0.25) is 0 Å². The number of hydrogen-bond donors (Lipinski definition) is 1. The molecule has 0 fully saturated rings. The average molecular weight is 218 g/mol. The molecule has 0 aliphatic carbocycles. The fourth-order valence-corrected chi connectivity index (χ4v) is 1.40. The summed E-state index contributed by atoms with van der Waals surface area (Å²) in [6.07, 6.45) is 5.02. The van der Waals surface area contributed by atoms with E-state index in [1.807, 2.05) is 10.6 Å². The smallest absolute Gasteiger partial charge is 0.146 e. The maximum Gasteiger partial charge on any atom is 0.146 e. The third kappa shape index (κ3) is 2.60. The summed E-state index contributed by atoms with van der Waals surface area (Å²) in [6, 6.07) is 1.89. The van der Waals surface area contributed by atoms with Crippen LogP contribution in [0.4, 0.5) is 0 Å². The van der Waals surface area contributed by atoms with Gasteiger partial charge in [-0.25, -0.2) is 9.97 Å². The molecule has 2 rings (SSSR count). The molecule has 6 nitrogen and oxygen atoms in total. The lowest BCUT2D eigenvalue weighted by atomic mass is 10.4. The predicted octanol–water partition coefficient (Wildman–Crippen LogP) is 0.378. The number of hydrogen-bond acceptors (Lipinski definition) is 5. The Labute approximate surface area is 93.8 Å². The fraction of sp³-hybridized carbons (Fsp3) is 0.400. The molecule has 84 valence electrons. The first-order chi connectivity index (χ1) is 7.90. The van der Waals surface area contributed by atoms with Crippen LogP contribution in [0.15, 0.2) is 24.9 Å². The lowest BCUT2D eigenvalue weighted by Crippen LogP contribution is -2.17. The van der Waals surface area contributed by atoms with Gasteiger partial charge in [0.15, 0.2) is 0 Å². The molecule has 0 radical (unpaired) electrons. The Morgan fingerprint density at radius 2 is 2.31 bits per heavy atom. The van der Waals surface area contributed by atoms with Gasteiger partial charge in [0.1, 0.15) is 18.5 Å². The van der Waals surface area contributed by atoms with Gasteiger partial charge in [0.05, 0.1) is 12.2 Å². The van der Waals surface area contributed by atoms with E-state index in [-0.39, 0.29) is 0 Å². The Bertz CT molecular complexity index is 424. The van der Waals surface area contributed by atoms with E-state index in [2.05, 4.69) is 32.4 Å². The minimum atomic E-state index is 0.692. The van der Waals surface area contributed by atoms with E-state index in [4.69, 9.17) is 0 Å². The summed E-state index contributed by atoms with van der Waals surface area (Å²) >= 11 is 0. The fourth-order valence-electron chi connectivity index (χ4n) is 1.40. The van der Waals surface area contributed by atoms with Gasteiger partial charge in [-0.15, -0.1) is 10.2 Å². The number of rotatable bonds is 5. The summed E-state index contributed by atoms with van der Waals surface area (Å²) < 4.78 is 2.01. The van der Waals surface area contributed by atoms with E-state index in [0.29, 0.717) is 13.1 Å². The van der Waals surface area contributed by atoms with Crippen molar-refractivity contribution in [1.82, 2.24) is 30.0 Å². The summed E-state index contributed by atoms with van der Waals surface area (Å²) in [5.74, 6) is 0.941. The van der Waals surface area contributed by atoms with Crippen LogP contribution in [0.25, 0.3) is 0 Å². The van der Waals surface area contributed by atoms with Crippen LogP contribution in [0.5, 0.6) is 0 Å². The third-order valence-corrected chi connectivity index (χ3v) is 2.27. The molecule has 1 N–H and O–H groups in total. The molecular formula is C10H14N6. The van der Waals surface area contributed by atoms with Gasteiger partial charge in [0.2, 0.25) is 0 Å². The van der Waals surface area contributed by atoms with Crippen LogP contribution in [0, 0.1) is 0 Å². The highest BCUT2D eigenvalue weighted by molar-refractivity contribution is 4.97. The molecule has 0 amide bonds. The van der Waals surface area contributed by atoms with Crippen molar-refractivity contribution in [3.8, 4) is 0 Å². The van der Waals surface area contributed by atoms with Gasteiger partial charge in [-0.05, 0) is 13.0 Å². The molecule has 2 aromatic rings. The molecule has 0 saturated heterocycles. The summed E-state index contributed by atoms with van der Waals surface area (Å²) in [6.45, 7) is 4.35. The minimum absolute atomic E-state index is 0.692. The molecule has 16 heavy (non-hydrogen) atoms. The van der Waals surface area contributed by atoms with Gasteiger partial charge in [-0.3, -0.25) is 0 Å². The van der Waals surface area contributed by atoms with Gasteiger partial charge in [-0.1, -0.05) is 0 Å². The third-order valence-electron chi connectivity index (χ3n) is 2.27. The number of aryl methyl sites for hydroxylation is 1. The zero-order valence-corrected chi connectivity index (χ0v) is 9.17. The zero-order valence-electron chi connectivity index (χ0n) is 9.17. The van der Waals surface area contributed by atoms with Crippen molar-refractivity contribution < 1.29 is 0 Å². The first-order valence-corrected chi connectivity index (χ1v) is 5.22. The van der Waals surface area contributed by atoms with Crippen molar-refractivity contribution in [3.05, 3.63) is 36.4 Å². The quantitative estimate of drug-likeness (QED) is 0.785. The van der Waals surface area contributed by atoms with Gasteiger partial charge >= 0.3 is 0 Å². The molecule has 0 aromatic carbocycles. The van der Waals surface area contributed by atoms with Crippen LogP contribution in [-0.4, -0.2) is 24.7 Å². The van der Waals surface area contributed by atoms with Crippen molar-refractivity contribution >= 4 is 0 Å². The summed E-state index contributed by atoms with van der Waals surface area (Å²) in [5.41, 5.74) is 0.970. The van der Waals surface area contributed by atoms with Gasteiger partial charge in [0, 0.05) is 19.3 Å². The Kier molecular flexibility index (Phi) is 3.55. The first kappa shape index (κ1) is 10.7. The SMILES string of the molecule is CCn1cnnc1CNCc1ccncn1. The molecule has 0 unspecified atom stereocenters. The Hall–Kier alpha value is -1.82. The molecular weight excluding hydrogens is 204 g/mol. The normalized spacial score (nSPS) is 10.6. The number of aromatic nitrogens is 5. The van der Waals surface area contributed by atoms with E-state index >= 15 is 0 Å². The molecule has 2 aromatic heterocycles.